The molecule has 1 aromatic heterocycles. The van der Waals surface area contributed by atoms with E-state index in [0.717, 1.165) is 25.7 Å². The van der Waals surface area contributed by atoms with Crippen LogP contribution in [0.3, 0.4) is 0 Å². The van der Waals surface area contributed by atoms with E-state index in [2.05, 4.69) is 9.97 Å². The Bertz CT molecular complexity index is 389. The van der Waals surface area contributed by atoms with Gasteiger partial charge in [-0.3, -0.25) is 4.79 Å². The third-order valence-electron chi connectivity index (χ3n) is 3.15. The van der Waals surface area contributed by atoms with Crippen LogP contribution in [0.4, 0.5) is 5.95 Å². The van der Waals surface area contributed by atoms with Crippen molar-refractivity contribution >= 4 is 11.9 Å². The van der Waals surface area contributed by atoms with E-state index in [0.29, 0.717) is 5.69 Å². The zero-order valence-corrected chi connectivity index (χ0v) is 8.97. The molecule has 0 bridgehead atoms. The van der Waals surface area contributed by atoms with Crippen molar-refractivity contribution in [2.75, 3.05) is 5.73 Å². The van der Waals surface area contributed by atoms with Crippen LogP contribution in [0.1, 0.15) is 37.3 Å². The molecule has 0 amide bonds. The first-order chi connectivity index (χ1) is 7.68. The molecule has 0 aliphatic heterocycles. The second-order valence-corrected chi connectivity index (χ2v) is 4.20. The number of aliphatic carboxylic acids is 1. The molecule has 0 radical (unpaired) electrons. The summed E-state index contributed by atoms with van der Waals surface area (Å²) in [6, 6.07) is 1.65. The van der Waals surface area contributed by atoms with E-state index in [9.17, 15) is 9.90 Å². The van der Waals surface area contributed by atoms with Crippen LogP contribution >= 0.6 is 0 Å². The van der Waals surface area contributed by atoms with Gasteiger partial charge in [0.2, 0.25) is 5.95 Å². The lowest BCUT2D eigenvalue weighted by atomic mass is 9.88. The third-order valence-corrected chi connectivity index (χ3v) is 3.15. The fourth-order valence-corrected chi connectivity index (χ4v) is 2.42. The molecular weight excluding hydrogens is 206 g/mol. The highest BCUT2D eigenvalue weighted by Crippen LogP contribution is 2.36. The summed E-state index contributed by atoms with van der Waals surface area (Å²) < 4.78 is 0. The highest BCUT2D eigenvalue weighted by molar-refractivity contribution is 5.76. The Morgan fingerprint density at radius 3 is 2.75 bits per heavy atom. The van der Waals surface area contributed by atoms with Crippen molar-refractivity contribution in [1.29, 1.82) is 0 Å². The zero-order valence-electron chi connectivity index (χ0n) is 8.97. The van der Waals surface area contributed by atoms with Gasteiger partial charge in [-0.25, -0.2) is 9.97 Å². The van der Waals surface area contributed by atoms with Gasteiger partial charge in [-0.05, 0) is 24.8 Å². The second-order valence-electron chi connectivity index (χ2n) is 4.20. The van der Waals surface area contributed by atoms with Gasteiger partial charge < -0.3 is 10.8 Å². The summed E-state index contributed by atoms with van der Waals surface area (Å²) in [6.45, 7) is 0. The van der Waals surface area contributed by atoms with Gasteiger partial charge >= 0.3 is 5.97 Å². The van der Waals surface area contributed by atoms with Gasteiger partial charge in [0.15, 0.2) is 0 Å². The number of nitrogens with zero attached hydrogens (tertiary/aromatic N) is 2. The van der Waals surface area contributed by atoms with Gasteiger partial charge in [-0.2, -0.15) is 0 Å². The van der Waals surface area contributed by atoms with Crippen LogP contribution in [0.2, 0.25) is 0 Å². The Morgan fingerprint density at radius 1 is 1.50 bits per heavy atom. The monoisotopic (exact) mass is 221 g/mol. The smallest absolute Gasteiger partial charge is 0.312 e. The van der Waals surface area contributed by atoms with Crippen LogP contribution in [-0.4, -0.2) is 21.0 Å². The molecule has 0 saturated heterocycles. The normalized spacial score (nSPS) is 18.5. The average Bonchev–Trinajstić information content (AvgIpc) is 2.71. The van der Waals surface area contributed by atoms with Crippen molar-refractivity contribution in [2.45, 2.75) is 31.6 Å². The minimum Gasteiger partial charge on any atom is -0.481 e. The van der Waals surface area contributed by atoms with Crippen molar-refractivity contribution in [3.05, 3.63) is 18.0 Å². The molecule has 1 aromatic rings. The molecule has 5 nitrogen and oxygen atoms in total. The Kier molecular flexibility index (Phi) is 3.03. The number of anilines is 1. The minimum absolute atomic E-state index is 0.141. The number of carboxylic acid groups (broad SMARTS) is 1. The van der Waals surface area contributed by atoms with Crippen LogP contribution in [-0.2, 0) is 4.79 Å². The number of nitrogen functional groups attached to an aromatic ring is 1. The Balaban J connectivity index is 2.28. The Hall–Kier alpha value is -1.65. The predicted octanol–water partition coefficient (Wildman–Crippen LogP) is 1.42. The van der Waals surface area contributed by atoms with Crippen LogP contribution in [0.25, 0.3) is 0 Å². The van der Waals surface area contributed by atoms with Gasteiger partial charge in [0, 0.05) is 6.20 Å². The lowest BCUT2D eigenvalue weighted by Crippen LogP contribution is -2.21. The summed E-state index contributed by atoms with van der Waals surface area (Å²) in [6.07, 6.45) is 5.65. The van der Waals surface area contributed by atoms with Crippen LogP contribution < -0.4 is 5.73 Å². The average molecular weight is 221 g/mol. The number of aromatic nitrogens is 2. The van der Waals surface area contributed by atoms with Gasteiger partial charge in [0.05, 0.1) is 5.69 Å². The first kappa shape index (κ1) is 10.9. The highest BCUT2D eigenvalue weighted by atomic mass is 16.4. The molecule has 1 heterocycles. The quantitative estimate of drug-likeness (QED) is 0.805. The molecule has 1 fully saturated rings. The number of carbonyl (C=O) groups is 1. The van der Waals surface area contributed by atoms with E-state index in [1.54, 1.807) is 6.07 Å². The molecule has 1 atom stereocenters. The molecular formula is C11H15N3O2. The molecule has 1 aliphatic rings. The first-order valence-corrected chi connectivity index (χ1v) is 5.49. The fourth-order valence-electron chi connectivity index (χ4n) is 2.42. The highest BCUT2D eigenvalue weighted by Gasteiger charge is 2.32. The molecule has 1 unspecified atom stereocenters. The number of hydrogen-bond acceptors (Lipinski definition) is 4. The molecule has 5 heteroatoms. The summed E-state index contributed by atoms with van der Waals surface area (Å²) in [5.74, 6) is -1.02. The molecule has 0 spiro atoms. The molecule has 1 saturated carbocycles. The number of carboxylic acids is 1. The molecule has 16 heavy (non-hydrogen) atoms. The maximum Gasteiger partial charge on any atom is 0.312 e. The van der Waals surface area contributed by atoms with E-state index in [1.165, 1.54) is 6.20 Å². The van der Waals surface area contributed by atoms with Gasteiger partial charge in [0.1, 0.15) is 5.92 Å². The molecule has 1 aliphatic carbocycles. The standard InChI is InChI=1S/C11H15N3O2/c12-11-13-6-5-8(14-11)9(10(15)16)7-3-1-2-4-7/h5-7,9H,1-4H2,(H,15,16)(H2,12,13,14). The summed E-state index contributed by atoms with van der Waals surface area (Å²) in [4.78, 5) is 19.1. The maximum absolute atomic E-state index is 11.3. The Morgan fingerprint density at radius 2 is 2.19 bits per heavy atom. The van der Waals surface area contributed by atoms with Gasteiger partial charge in [-0.1, -0.05) is 12.8 Å². The molecule has 3 N–H and O–H groups in total. The zero-order chi connectivity index (χ0) is 11.5. The predicted molar refractivity (Wildman–Crippen MR) is 58.8 cm³/mol. The van der Waals surface area contributed by atoms with E-state index in [1.807, 2.05) is 0 Å². The van der Waals surface area contributed by atoms with E-state index < -0.39 is 11.9 Å². The number of rotatable bonds is 3. The lowest BCUT2D eigenvalue weighted by Gasteiger charge is -2.18. The second kappa shape index (κ2) is 4.47. The third kappa shape index (κ3) is 2.13. The SMILES string of the molecule is Nc1nccc(C(C(=O)O)C2CCCC2)n1. The van der Waals surface area contributed by atoms with E-state index in [-0.39, 0.29) is 11.9 Å². The molecule has 0 aromatic carbocycles. The van der Waals surface area contributed by atoms with Crippen LogP contribution in [0.15, 0.2) is 12.3 Å². The lowest BCUT2D eigenvalue weighted by molar-refractivity contribution is -0.140. The molecule has 2 rings (SSSR count). The first-order valence-electron chi connectivity index (χ1n) is 5.49. The van der Waals surface area contributed by atoms with Crippen molar-refractivity contribution in [1.82, 2.24) is 9.97 Å². The fraction of sp³-hybridized carbons (Fsp3) is 0.545. The minimum atomic E-state index is -0.815. The van der Waals surface area contributed by atoms with Gasteiger partial charge in [-0.15, -0.1) is 0 Å². The molecule has 86 valence electrons. The van der Waals surface area contributed by atoms with E-state index in [4.69, 9.17) is 5.73 Å². The number of nitrogens with two attached hydrogens (primary N) is 1. The van der Waals surface area contributed by atoms with Gasteiger partial charge in [0.25, 0.3) is 0 Å². The van der Waals surface area contributed by atoms with E-state index >= 15 is 0 Å². The summed E-state index contributed by atoms with van der Waals surface area (Å²) in [7, 11) is 0. The summed E-state index contributed by atoms with van der Waals surface area (Å²) in [5.41, 5.74) is 6.01. The largest absolute Gasteiger partial charge is 0.481 e. The summed E-state index contributed by atoms with van der Waals surface area (Å²) >= 11 is 0. The maximum atomic E-state index is 11.3. The van der Waals surface area contributed by atoms with Crippen molar-refractivity contribution in [3.8, 4) is 0 Å². The van der Waals surface area contributed by atoms with Crippen molar-refractivity contribution in [2.24, 2.45) is 5.92 Å². The van der Waals surface area contributed by atoms with Crippen molar-refractivity contribution in [3.63, 3.8) is 0 Å². The topological polar surface area (TPSA) is 89.1 Å². The Labute approximate surface area is 93.7 Å². The van der Waals surface area contributed by atoms with Crippen LogP contribution in [0.5, 0.6) is 0 Å². The summed E-state index contributed by atoms with van der Waals surface area (Å²) in [5, 5.41) is 9.28. The van der Waals surface area contributed by atoms with Crippen molar-refractivity contribution < 1.29 is 9.90 Å². The van der Waals surface area contributed by atoms with Crippen LogP contribution in [0, 0.1) is 5.92 Å². The number of hydrogen-bond donors (Lipinski definition) is 2.